The van der Waals surface area contributed by atoms with E-state index in [0.29, 0.717) is 0 Å². The van der Waals surface area contributed by atoms with Crippen LogP contribution in [0.2, 0.25) is 0 Å². The monoisotopic (exact) mass is 202 g/mol. The van der Waals surface area contributed by atoms with Gasteiger partial charge in [-0.05, 0) is 26.4 Å². The molecule has 0 bridgehead atoms. The van der Waals surface area contributed by atoms with Gasteiger partial charge >= 0.3 is 0 Å². The van der Waals surface area contributed by atoms with E-state index < -0.39 is 0 Å². The maximum absolute atomic E-state index is 5.62. The zero-order valence-electron chi connectivity index (χ0n) is 9.24. The van der Waals surface area contributed by atoms with Crippen LogP contribution in [-0.4, -0.2) is 57.0 Å². The zero-order chi connectivity index (χ0) is 10.4. The largest absolute Gasteiger partial charge is 0.377 e. The van der Waals surface area contributed by atoms with Gasteiger partial charge in [-0.25, -0.2) is 0 Å². The first-order valence-electron chi connectivity index (χ1n) is 5.38. The van der Waals surface area contributed by atoms with E-state index in [1.165, 1.54) is 0 Å². The molecule has 1 saturated heterocycles. The average molecular weight is 202 g/mol. The van der Waals surface area contributed by atoms with Crippen molar-refractivity contribution in [1.82, 2.24) is 4.90 Å². The Kier molecular flexibility index (Phi) is 5.40. The molecule has 0 aromatic rings. The summed E-state index contributed by atoms with van der Waals surface area (Å²) in [5.74, 6) is 0. The number of ether oxygens (including phenoxy) is 2. The molecule has 4 nitrogen and oxygen atoms in total. The second-order valence-electron chi connectivity index (χ2n) is 3.67. The number of likely N-dealkylation sites (tertiary alicyclic amines) is 1. The van der Waals surface area contributed by atoms with Gasteiger partial charge in [0, 0.05) is 26.8 Å². The maximum atomic E-state index is 5.62. The molecule has 1 rings (SSSR count). The molecule has 0 amide bonds. The molecule has 0 saturated carbocycles. The highest BCUT2D eigenvalue weighted by Gasteiger charge is 2.32. The van der Waals surface area contributed by atoms with Gasteiger partial charge in [0.25, 0.3) is 0 Å². The van der Waals surface area contributed by atoms with Gasteiger partial charge in [-0.1, -0.05) is 0 Å². The molecule has 0 aromatic heterocycles. The molecule has 2 N–H and O–H groups in total. The van der Waals surface area contributed by atoms with E-state index in [0.717, 1.165) is 39.2 Å². The van der Waals surface area contributed by atoms with Crippen molar-refractivity contribution in [2.75, 3.05) is 39.9 Å². The van der Waals surface area contributed by atoms with Crippen molar-refractivity contribution >= 4 is 0 Å². The summed E-state index contributed by atoms with van der Waals surface area (Å²) in [7, 11) is 1.75. The predicted octanol–water partition coefficient (Wildman–Crippen LogP) is 0.0709. The molecule has 4 heteroatoms. The van der Waals surface area contributed by atoms with Gasteiger partial charge < -0.3 is 15.2 Å². The Labute approximate surface area is 86.3 Å². The lowest BCUT2D eigenvalue weighted by Crippen LogP contribution is -2.28. The third-order valence-electron chi connectivity index (χ3n) is 2.65. The summed E-state index contributed by atoms with van der Waals surface area (Å²) in [6.07, 6.45) is 1.52. The van der Waals surface area contributed by atoms with Crippen LogP contribution in [0.1, 0.15) is 13.3 Å². The van der Waals surface area contributed by atoms with E-state index in [-0.39, 0.29) is 12.2 Å². The average Bonchev–Trinajstić information content (AvgIpc) is 2.58. The summed E-state index contributed by atoms with van der Waals surface area (Å²) in [4.78, 5) is 2.36. The van der Waals surface area contributed by atoms with E-state index in [1.54, 1.807) is 7.11 Å². The molecular weight excluding hydrogens is 180 g/mol. The molecule has 0 aliphatic carbocycles. The van der Waals surface area contributed by atoms with Gasteiger partial charge in [-0.3, -0.25) is 4.90 Å². The first kappa shape index (κ1) is 11.9. The summed E-state index contributed by atoms with van der Waals surface area (Å²) in [6, 6.07) is 0. The Morgan fingerprint density at radius 3 is 2.64 bits per heavy atom. The van der Waals surface area contributed by atoms with Crippen molar-refractivity contribution in [3.8, 4) is 0 Å². The van der Waals surface area contributed by atoms with Crippen LogP contribution < -0.4 is 5.73 Å². The topological polar surface area (TPSA) is 47.7 Å². The fourth-order valence-electron chi connectivity index (χ4n) is 1.92. The highest BCUT2D eigenvalue weighted by Crippen LogP contribution is 2.16. The van der Waals surface area contributed by atoms with Crippen LogP contribution in [0.5, 0.6) is 0 Å². The van der Waals surface area contributed by atoms with E-state index in [9.17, 15) is 0 Å². The lowest BCUT2D eigenvalue weighted by molar-refractivity contribution is -0.0233. The van der Waals surface area contributed by atoms with Gasteiger partial charge in [0.05, 0.1) is 12.2 Å². The van der Waals surface area contributed by atoms with Crippen molar-refractivity contribution < 1.29 is 9.47 Å². The van der Waals surface area contributed by atoms with Crippen LogP contribution in [-0.2, 0) is 9.47 Å². The van der Waals surface area contributed by atoms with Crippen molar-refractivity contribution in [3.63, 3.8) is 0 Å². The summed E-state index contributed by atoms with van der Waals surface area (Å²) in [5.41, 5.74) is 5.48. The molecular formula is C10H22N2O2. The summed E-state index contributed by atoms with van der Waals surface area (Å²) in [6.45, 7) is 6.55. The Morgan fingerprint density at radius 2 is 2.07 bits per heavy atom. The highest BCUT2D eigenvalue weighted by molar-refractivity contribution is 4.85. The third kappa shape index (κ3) is 3.20. The molecule has 0 radical (unpaired) electrons. The predicted molar refractivity (Wildman–Crippen MR) is 56.3 cm³/mol. The minimum atomic E-state index is 0.229. The number of methoxy groups -OCH3 is 1. The van der Waals surface area contributed by atoms with E-state index in [4.69, 9.17) is 15.2 Å². The van der Waals surface area contributed by atoms with Gasteiger partial charge in [0.1, 0.15) is 0 Å². The molecule has 2 atom stereocenters. The molecule has 1 fully saturated rings. The van der Waals surface area contributed by atoms with Crippen LogP contribution in [0.15, 0.2) is 0 Å². The van der Waals surface area contributed by atoms with Crippen molar-refractivity contribution in [1.29, 1.82) is 0 Å². The normalized spacial score (nSPS) is 28.5. The Hall–Kier alpha value is -0.160. The summed E-state index contributed by atoms with van der Waals surface area (Å²) in [5, 5.41) is 0. The van der Waals surface area contributed by atoms with Crippen LogP contribution in [0.25, 0.3) is 0 Å². The second-order valence-corrected chi connectivity index (χ2v) is 3.67. The molecule has 84 valence electrons. The Bertz CT molecular complexity index is 155. The summed E-state index contributed by atoms with van der Waals surface area (Å²) >= 11 is 0. The smallest absolute Gasteiger partial charge is 0.0975 e. The number of hydrogen-bond acceptors (Lipinski definition) is 4. The third-order valence-corrected chi connectivity index (χ3v) is 2.65. The second kappa shape index (κ2) is 6.35. The van der Waals surface area contributed by atoms with Gasteiger partial charge in [0.15, 0.2) is 0 Å². The fraction of sp³-hybridized carbons (Fsp3) is 1.00. The number of rotatable bonds is 6. The quantitative estimate of drug-likeness (QED) is 0.662. The minimum Gasteiger partial charge on any atom is -0.377 e. The number of nitrogens with two attached hydrogens (primary N) is 1. The lowest BCUT2D eigenvalue weighted by atomic mass is 10.2. The van der Waals surface area contributed by atoms with E-state index in [1.807, 2.05) is 6.92 Å². The van der Waals surface area contributed by atoms with Gasteiger partial charge in [-0.2, -0.15) is 0 Å². The van der Waals surface area contributed by atoms with Crippen molar-refractivity contribution in [2.45, 2.75) is 25.6 Å². The molecule has 1 heterocycles. The minimum absolute atomic E-state index is 0.229. The van der Waals surface area contributed by atoms with Crippen LogP contribution in [0.4, 0.5) is 0 Å². The standard InChI is InChI=1S/C10H22N2O2/c1-3-14-10-8-12(6-4-5-11)7-9(10)13-2/h9-10H,3-8,11H2,1-2H3/t9-,10+/m1/s1. The van der Waals surface area contributed by atoms with Crippen LogP contribution in [0.3, 0.4) is 0 Å². The SMILES string of the molecule is CCO[C@H]1CN(CCCN)C[C@H]1OC. The highest BCUT2D eigenvalue weighted by atomic mass is 16.5. The molecule has 0 unspecified atom stereocenters. The van der Waals surface area contributed by atoms with Gasteiger partial charge in [0.2, 0.25) is 0 Å². The molecule has 14 heavy (non-hydrogen) atoms. The molecule has 1 aliphatic heterocycles. The van der Waals surface area contributed by atoms with E-state index >= 15 is 0 Å². The molecule has 0 spiro atoms. The van der Waals surface area contributed by atoms with Crippen molar-refractivity contribution in [3.05, 3.63) is 0 Å². The van der Waals surface area contributed by atoms with Crippen LogP contribution in [0, 0.1) is 0 Å². The zero-order valence-corrected chi connectivity index (χ0v) is 9.24. The number of nitrogens with zero attached hydrogens (tertiary/aromatic N) is 1. The van der Waals surface area contributed by atoms with E-state index in [2.05, 4.69) is 4.90 Å². The first-order chi connectivity index (χ1) is 6.81. The number of hydrogen-bond donors (Lipinski definition) is 1. The Morgan fingerprint density at radius 1 is 1.36 bits per heavy atom. The Balaban J connectivity index is 2.31. The fourth-order valence-corrected chi connectivity index (χ4v) is 1.92. The van der Waals surface area contributed by atoms with Gasteiger partial charge in [-0.15, -0.1) is 0 Å². The molecule has 0 aromatic carbocycles. The van der Waals surface area contributed by atoms with Crippen molar-refractivity contribution in [2.24, 2.45) is 5.73 Å². The summed E-state index contributed by atoms with van der Waals surface area (Å²) < 4.78 is 11.0. The maximum Gasteiger partial charge on any atom is 0.0975 e. The lowest BCUT2D eigenvalue weighted by Gasteiger charge is -2.16. The molecule has 1 aliphatic rings. The first-order valence-corrected chi connectivity index (χ1v) is 5.38. The van der Waals surface area contributed by atoms with Crippen LogP contribution >= 0.6 is 0 Å².